The average Bonchev–Trinajstić information content (AvgIpc) is 3.29. The number of methoxy groups -OCH3 is 1. The van der Waals surface area contributed by atoms with Gasteiger partial charge in [0.15, 0.2) is 0 Å². The average molecular weight is 488 g/mol. The van der Waals surface area contributed by atoms with E-state index in [0.29, 0.717) is 5.92 Å². The second kappa shape index (κ2) is 8.76. The largest absolute Gasteiger partial charge is 0.497 e. The first kappa shape index (κ1) is 20.4. The summed E-state index contributed by atoms with van der Waals surface area (Å²) in [7, 11) is 1.64. The first-order valence-electron chi connectivity index (χ1n) is 8.89. The molecule has 1 aromatic carbocycles. The van der Waals surface area contributed by atoms with Gasteiger partial charge in [0.05, 0.1) is 13.7 Å². The summed E-state index contributed by atoms with van der Waals surface area (Å²) in [5, 5.41) is 19.4. The van der Waals surface area contributed by atoms with Crippen LogP contribution in [0.3, 0.4) is 0 Å². The van der Waals surface area contributed by atoms with Crippen molar-refractivity contribution in [1.82, 2.24) is 9.88 Å². The molecule has 0 amide bonds. The molecule has 0 radical (unpaired) electrons. The molecule has 4 atom stereocenters. The normalized spacial score (nSPS) is 24.0. The summed E-state index contributed by atoms with van der Waals surface area (Å²) >= 11 is 2.15. The van der Waals surface area contributed by atoms with Gasteiger partial charge in [0.25, 0.3) is 0 Å². The third-order valence-corrected chi connectivity index (χ3v) is 5.19. The number of carbonyl (C=O) groups excluding carboxylic acids is 1. The van der Waals surface area contributed by atoms with Crippen molar-refractivity contribution in [2.45, 2.75) is 24.5 Å². The van der Waals surface area contributed by atoms with Crippen molar-refractivity contribution in [2.75, 3.05) is 38.3 Å². The monoisotopic (exact) mass is 488 g/mol. The fourth-order valence-electron chi connectivity index (χ4n) is 4.01. The van der Waals surface area contributed by atoms with Gasteiger partial charge in [-0.25, -0.2) is 4.79 Å². The zero-order valence-corrected chi connectivity index (χ0v) is 17.6. The number of halogens is 1. The van der Waals surface area contributed by atoms with E-state index >= 15 is 0 Å². The van der Waals surface area contributed by atoms with E-state index in [1.807, 2.05) is 23.1 Å². The maximum absolute atomic E-state index is 12.7. The van der Waals surface area contributed by atoms with Gasteiger partial charge in [0, 0.05) is 29.1 Å². The summed E-state index contributed by atoms with van der Waals surface area (Å²) in [6.45, 7) is 1.02. The summed E-state index contributed by atoms with van der Waals surface area (Å²) in [5.41, 5.74) is 3.03. The number of aromatic amines is 1. The number of hydrogen-bond acceptors (Lipinski definition) is 6. The van der Waals surface area contributed by atoms with Crippen molar-refractivity contribution in [1.29, 1.82) is 0 Å². The van der Waals surface area contributed by atoms with Crippen molar-refractivity contribution in [3.05, 3.63) is 29.5 Å². The van der Waals surface area contributed by atoms with Crippen molar-refractivity contribution in [3.8, 4) is 5.75 Å². The Bertz CT molecular complexity index is 809. The number of hydrogen-bond donors (Lipinski definition) is 3. The molecule has 1 aromatic heterocycles. The van der Waals surface area contributed by atoms with Crippen LogP contribution in [0.5, 0.6) is 5.75 Å². The molecule has 7 nitrogen and oxygen atoms in total. The van der Waals surface area contributed by atoms with Gasteiger partial charge in [-0.1, -0.05) is 22.6 Å². The molecule has 3 heterocycles. The van der Waals surface area contributed by atoms with Crippen LogP contribution in [0.25, 0.3) is 10.9 Å². The molecule has 3 N–H and O–H groups in total. The van der Waals surface area contributed by atoms with Crippen LogP contribution in [0.4, 0.5) is 0 Å². The fraction of sp³-hybridized carbons (Fsp3) is 0.526. The molecule has 2 bridgehead atoms. The third kappa shape index (κ3) is 3.80. The van der Waals surface area contributed by atoms with Crippen LogP contribution < -0.4 is 4.74 Å². The number of aromatic nitrogens is 1. The zero-order valence-electron chi connectivity index (χ0n) is 15.4. The Balaban J connectivity index is 0.00000102. The van der Waals surface area contributed by atoms with Gasteiger partial charge in [-0.05, 0) is 41.7 Å². The van der Waals surface area contributed by atoms with Gasteiger partial charge < -0.3 is 24.7 Å². The topological polar surface area (TPSA) is 95.0 Å². The van der Waals surface area contributed by atoms with Crippen LogP contribution >= 0.6 is 22.6 Å². The Hall–Kier alpha value is -1.36. The molecule has 148 valence electrons. The highest BCUT2D eigenvalue weighted by atomic mass is 127. The Labute approximate surface area is 171 Å². The zero-order chi connectivity index (χ0) is 19.6. The molecule has 2 aromatic rings. The van der Waals surface area contributed by atoms with Crippen LogP contribution in [0.15, 0.2) is 18.2 Å². The first-order chi connectivity index (χ1) is 13.1. The molecule has 0 spiro atoms. The van der Waals surface area contributed by atoms with Crippen molar-refractivity contribution in [3.63, 3.8) is 0 Å². The number of nitrogens with one attached hydrogen (secondary N) is 1. The first-order valence-corrected chi connectivity index (χ1v) is 11.0. The van der Waals surface area contributed by atoms with Crippen molar-refractivity contribution in [2.24, 2.45) is 0 Å². The molecule has 8 heteroatoms. The summed E-state index contributed by atoms with van der Waals surface area (Å²) in [6, 6.07) is 5.37. The summed E-state index contributed by atoms with van der Waals surface area (Å²) in [6.07, 6.45) is -0.0504. The number of aliphatic hydroxyl groups is 2. The summed E-state index contributed by atoms with van der Waals surface area (Å²) in [4.78, 5) is 20.1. The highest BCUT2D eigenvalue weighted by Gasteiger charge is 2.44. The Morgan fingerprint density at radius 1 is 1.44 bits per heavy atom. The second-order valence-electron chi connectivity index (χ2n) is 6.71. The molecule has 1 saturated heterocycles. The van der Waals surface area contributed by atoms with Crippen LogP contribution in [0, 0.1) is 0 Å². The molecule has 4 rings (SSSR count). The molecule has 0 aliphatic carbocycles. The second-order valence-corrected chi connectivity index (χ2v) is 6.71. The highest BCUT2D eigenvalue weighted by Crippen LogP contribution is 2.46. The predicted molar refractivity (Wildman–Crippen MR) is 111 cm³/mol. The number of ether oxygens (including phenoxy) is 2. The molecule has 2 aliphatic rings. The molecule has 4 unspecified atom stereocenters. The molecular formula is C19H25IN2O5. The lowest BCUT2D eigenvalue weighted by molar-refractivity contribution is -0.154. The van der Waals surface area contributed by atoms with E-state index < -0.39 is 24.7 Å². The molecule has 2 aliphatic heterocycles. The lowest BCUT2D eigenvalue weighted by Crippen LogP contribution is -2.38. The third-order valence-electron chi connectivity index (χ3n) is 5.19. The molecular weight excluding hydrogens is 463 g/mol. The quantitative estimate of drug-likeness (QED) is 0.339. The lowest BCUT2D eigenvalue weighted by atomic mass is 9.90. The van der Waals surface area contributed by atoms with Crippen LogP contribution in [-0.4, -0.2) is 70.5 Å². The number of fused-ring (bicyclic) bond motifs is 6. The van der Waals surface area contributed by atoms with Gasteiger partial charge in [0.2, 0.25) is 0 Å². The molecule has 27 heavy (non-hydrogen) atoms. The number of esters is 1. The lowest BCUT2D eigenvalue weighted by Gasteiger charge is -2.31. The number of alkyl halides is 1. The maximum Gasteiger partial charge on any atom is 0.329 e. The highest BCUT2D eigenvalue weighted by molar-refractivity contribution is 14.1. The van der Waals surface area contributed by atoms with Crippen molar-refractivity contribution < 1.29 is 24.5 Å². The Kier molecular flexibility index (Phi) is 6.61. The van der Waals surface area contributed by atoms with Crippen LogP contribution in [0.1, 0.15) is 29.6 Å². The minimum absolute atomic E-state index is 0.202. The van der Waals surface area contributed by atoms with E-state index in [1.165, 1.54) is 5.56 Å². The molecule has 0 saturated carbocycles. The Morgan fingerprint density at radius 2 is 2.22 bits per heavy atom. The number of H-pyrrole nitrogens is 1. The standard InChI is InChI=1S/C18H22N2O5.CH3I/c1-24-12-2-3-14-13(6-12)15-10-4-5-20(7-10)17(16(15)19-14)18(23)25-9-11(22)8-21;1-2/h2-3,6,10-11,17,19,21-22H,4-5,7-9H2,1H3;1H3. The minimum atomic E-state index is -1.05. The number of nitrogens with zero attached hydrogens (tertiary/aromatic N) is 1. The summed E-state index contributed by atoms with van der Waals surface area (Å²) < 4.78 is 10.6. The van der Waals surface area contributed by atoms with E-state index in [2.05, 4.69) is 32.5 Å². The van der Waals surface area contributed by atoms with Gasteiger partial charge in [0.1, 0.15) is 24.5 Å². The number of aliphatic hydroxyl groups excluding tert-OH is 2. The fourth-order valence-corrected chi connectivity index (χ4v) is 4.01. The maximum atomic E-state index is 12.7. The van der Waals surface area contributed by atoms with E-state index in [4.69, 9.17) is 14.6 Å². The van der Waals surface area contributed by atoms with Crippen molar-refractivity contribution >= 4 is 39.5 Å². The molecule has 1 fully saturated rings. The minimum Gasteiger partial charge on any atom is -0.497 e. The van der Waals surface area contributed by atoms with Crippen LogP contribution in [-0.2, 0) is 9.53 Å². The smallest absolute Gasteiger partial charge is 0.329 e. The predicted octanol–water partition coefficient (Wildman–Crippen LogP) is 1.97. The summed E-state index contributed by atoms with van der Waals surface area (Å²) in [5.74, 6) is 0.787. The van der Waals surface area contributed by atoms with E-state index in [-0.39, 0.29) is 6.61 Å². The Morgan fingerprint density at radius 3 is 2.93 bits per heavy atom. The van der Waals surface area contributed by atoms with Crippen LogP contribution in [0.2, 0.25) is 0 Å². The van der Waals surface area contributed by atoms with Gasteiger partial charge in [-0.3, -0.25) is 4.90 Å². The van der Waals surface area contributed by atoms with Gasteiger partial charge >= 0.3 is 5.97 Å². The van der Waals surface area contributed by atoms with E-state index in [0.717, 1.165) is 41.9 Å². The van der Waals surface area contributed by atoms with E-state index in [1.54, 1.807) is 7.11 Å². The number of carbonyl (C=O) groups is 1. The SMILES string of the molecule is CI.COc1ccc2[nH]c3c(c2c1)C1CCN(C1)C3C(=O)OCC(O)CO. The van der Waals surface area contributed by atoms with Gasteiger partial charge in [-0.15, -0.1) is 0 Å². The van der Waals surface area contributed by atoms with E-state index in [9.17, 15) is 9.90 Å². The van der Waals surface area contributed by atoms with Gasteiger partial charge in [-0.2, -0.15) is 0 Å². The number of rotatable bonds is 5. The number of benzene rings is 1.